The Hall–Kier alpha value is -1.95. The number of thiophene rings is 1. The second kappa shape index (κ2) is 9.03. The topological polar surface area (TPSA) is 78.5 Å². The third-order valence-electron chi connectivity index (χ3n) is 3.94. The average Bonchev–Trinajstić information content (AvgIpc) is 3.13. The van der Waals surface area contributed by atoms with Gasteiger partial charge in [0.2, 0.25) is 15.9 Å². The van der Waals surface area contributed by atoms with E-state index in [0.29, 0.717) is 6.07 Å². The second-order valence-corrected chi connectivity index (χ2v) is 8.74. The highest BCUT2D eigenvalue weighted by Crippen LogP contribution is 2.30. The van der Waals surface area contributed by atoms with E-state index in [2.05, 4.69) is 5.32 Å². The zero-order valence-electron chi connectivity index (χ0n) is 15.2. The molecular weight excluding hydrogens is 415 g/mol. The molecule has 1 aromatic heterocycles. The Morgan fingerprint density at radius 2 is 1.96 bits per heavy atom. The molecule has 0 fully saturated rings. The summed E-state index contributed by atoms with van der Waals surface area (Å²) in [6, 6.07) is 5.18. The van der Waals surface area contributed by atoms with Gasteiger partial charge < -0.3 is 10.2 Å². The van der Waals surface area contributed by atoms with Gasteiger partial charge in [-0.25, -0.2) is 13.1 Å². The number of nitrogens with one attached hydrogen (secondary N) is 2. The van der Waals surface area contributed by atoms with Gasteiger partial charge in [-0.05, 0) is 54.7 Å². The summed E-state index contributed by atoms with van der Waals surface area (Å²) in [6.07, 6.45) is -4.66. The van der Waals surface area contributed by atoms with Crippen LogP contribution in [0, 0.1) is 0 Å². The van der Waals surface area contributed by atoms with Crippen LogP contribution in [0.25, 0.3) is 0 Å². The molecule has 28 heavy (non-hydrogen) atoms. The Balaban J connectivity index is 1.96. The lowest BCUT2D eigenvalue weighted by Gasteiger charge is -2.24. The lowest BCUT2D eigenvalue weighted by Crippen LogP contribution is -2.40. The Labute approximate surface area is 165 Å². The summed E-state index contributed by atoms with van der Waals surface area (Å²) in [5.74, 6) is -0.586. The molecule has 0 bridgehead atoms. The van der Waals surface area contributed by atoms with Gasteiger partial charge in [0, 0.05) is 6.54 Å². The van der Waals surface area contributed by atoms with Crippen molar-refractivity contribution in [2.75, 3.05) is 27.2 Å². The molecule has 1 atom stereocenters. The predicted octanol–water partition coefficient (Wildman–Crippen LogP) is 2.46. The minimum Gasteiger partial charge on any atom is -0.353 e. The van der Waals surface area contributed by atoms with E-state index in [1.54, 1.807) is 0 Å². The Kier molecular flexibility index (Phi) is 7.21. The summed E-state index contributed by atoms with van der Waals surface area (Å²) in [5, 5.41) is 6.49. The number of benzene rings is 1. The molecule has 0 aliphatic carbocycles. The van der Waals surface area contributed by atoms with Gasteiger partial charge in [-0.15, -0.1) is 0 Å². The quantitative estimate of drug-likeness (QED) is 0.668. The van der Waals surface area contributed by atoms with Crippen molar-refractivity contribution >= 4 is 27.3 Å². The van der Waals surface area contributed by atoms with Crippen LogP contribution in [0.15, 0.2) is 46.0 Å². The van der Waals surface area contributed by atoms with E-state index in [4.69, 9.17) is 0 Å². The number of nitrogens with zero attached hydrogens (tertiary/aromatic N) is 1. The second-order valence-electron chi connectivity index (χ2n) is 6.19. The van der Waals surface area contributed by atoms with Crippen molar-refractivity contribution in [3.8, 4) is 0 Å². The predicted molar refractivity (Wildman–Crippen MR) is 100 cm³/mol. The number of carbonyl (C=O) groups excluding carboxylic acids is 1. The van der Waals surface area contributed by atoms with Crippen LogP contribution in [0.2, 0.25) is 0 Å². The third-order valence-corrected chi connectivity index (χ3v) is 6.04. The summed E-state index contributed by atoms with van der Waals surface area (Å²) >= 11 is 1.52. The standard InChI is InChI=1S/C17H20F3N3O3S2/c1-23(2)15(12-6-7-27-11-12)9-21-16(24)10-22-28(25,26)14-5-3-4-13(8-14)17(18,19)20/h3-8,11,15,22H,9-10H2,1-2H3,(H,21,24). The average molecular weight is 435 g/mol. The van der Waals surface area contributed by atoms with Crippen LogP contribution in [-0.2, 0) is 21.0 Å². The first-order chi connectivity index (χ1) is 13.0. The SMILES string of the molecule is CN(C)C(CNC(=O)CNS(=O)(=O)c1cccc(C(F)(F)F)c1)c1ccsc1. The van der Waals surface area contributed by atoms with Crippen molar-refractivity contribution in [1.82, 2.24) is 14.9 Å². The van der Waals surface area contributed by atoms with Crippen molar-refractivity contribution in [3.05, 3.63) is 52.2 Å². The van der Waals surface area contributed by atoms with Gasteiger partial charge in [-0.2, -0.15) is 24.5 Å². The Morgan fingerprint density at radius 3 is 2.54 bits per heavy atom. The van der Waals surface area contributed by atoms with E-state index < -0.39 is 39.1 Å². The molecule has 0 spiro atoms. The van der Waals surface area contributed by atoms with Gasteiger partial charge in [-0.1, -0.05) is 6.07 Å². The Morgan fingerprint density at radius 1 is 1.25 bits per heavy atom. The van der Waals surface area contributed by atoms with Gasteiger partial charge in [-0.3, -0.25) is 4.79 Å². The molecule has 2 rings (SSSR count). The first kappa shape index (κ1) is 22.3. The molecule has 1 heterocycles. The summed E-state index contributed by atoms with van der Waals surface area (Å²) in [5.41, 5.74) is -0.0655. The van der Waals surface area contributed by atoms with Crippen molar-refractivity contribution in [2.45, 2.75) is 17.1 Å². The van der Waals surface area contributed by atoms with Gasteiger partial charge in [0.15, 0.2) is 0 Å². The minimum atomic E-state index is -4.66. The molecule has 154 valence electrons. The zero-order chi connectivity index (χ0) is 20.9. The van der Waals surface area contributed by atoms with Crippen LogP contribution in [0.5, 0.6) is 0 Å². The zero-order valence-corrected chi connectivity index (χ0v) is 16.8. The normalized spacial score (nSPS) is 13.5. The lowest BCUT2D eigenvalue weighted by atomic mass is 10.1. The monoisotopic (exact) mass is 435 g/mol. The highest BCUT2D eigenvalue weighted by atomic mass is 32.2. The van der Waals surface area contributed by atoms with Crippen LogP contribution in [0.1, 0.15) is 17.2 Å². The van der Waals surface area contributed by atoms with Gasteiger partial charge in [0.05, 0.1) is 23.0 Å². The molecule has 2 aromatic rings. The molecule has 0 aliphatic heterocycles. The molecule has 0 radical (unpaired) electrons. The maximum atomic E-state index is 12.7. The fourth-order valence-corrected chi connectivity index (χ4v) is 4.15. The van der Waals surface area contributed by atoms with Crippen LogP contribution >= 0.6 is 11.3 Å². The van der Waals surface area contributed by atoms with Crippen molar-refractivity contribution in [1.29, 1.82) is 0 Å². The number of likely N-dealkylation sites (N-methyl/N-ethyl adjacent to an activating group) is 1. The van der Waals surface area contributed by atoms with Crippen LogP contribution < -0.4 is 10.0 Å². The maximum Gasteiger partial charge on any atom is 0.416 e. The number of amides is 1. The fraction of sp³-hybridized carbons (Fsp3) is 0.353. The molecule has 6 nitrogen and oxygen atoms in total. The molecule has 1 unspecified atom stereocenters. The molecule has 0 aliphatic rings. The van der Waals surface area contributed by atoms with Gasteiger partial charge in [0.1, 0.15) is 0 Å². The smallest absolute Gasteiger partial charge is 0.353 e. The summed E-state index contributed by atoms with van der Waals surface area (Å²) in [6.45, 7) is -0.323. The summed E-state index contributed by atoms with van der Waals surface area (Å²) in [7, 11) is -0.552. The number of carbonyl (C=O) groups is 1. The number of hydrogen-bond donors (Lipinski definition) is 2. The molecular formula is C17H20F3N3O3S2. The number of alkyl halides is 3. The van der Waals surface area contributed by atoms with E-state index in [9.17, 15) is 26.4 Å². The van der Waals surface area contributed by atoms with Gasteiger partial charge >= 0.3 is 6.18 Å². The van der Waals surface area contributed by atoms with E-state index >= 15 is 0 Å². The van der Waals surface area contributed by atoms with E-state index in [1.165, 1.54) is 11.3 Å². The van der Waals surface area contributed by atoms with Crippen LogP contribution in [0.3, 0.4) is 0 Å². The first-order valence-corrected chi connectivity index (χ1v) is 10.6. The van der Waals surface area contributed by atoms with Crippen molar-refractivity contribution in [3.63, 3.8) is 0 Å². The largest absolute Gasteiger partial charge is 0.416 e. The number of halogens is 3. The number of sulfonamides is 1. The fourth-order valence-electron chi connectivity index (χ4n) is 2.42. The molecule has 0 saturated carbocycles. The third kappa shape index (κ3) is 6.03. The highest BCUT2D eigenvalue weighted by Gasteiger charge is 2.31. The van der Waals surface area contributed by atoms with Crippen LogP contribution in [-0.4, -0.2) is 46.4 Å². The van der Waals surface area contributed by atoms with Crippen molar-refractivity contribution < 1.29 is 26.4 Å². The number of rotatable bonds is 8. The van der Waals surface area contributed by atoms with E-state index in [-0.39, 0.29) is 12.6 Å². The van der Waals surface area contributed by atoms with Crippen molar-refractivity contribution in [2.24, 2.45) is 0 Å². The van der Waals surface area contributed by atoms with E-state index in [1.807, 2.05) is 40.5 Å². The van der Waals surface area contributed by atoms with Gasteiger partial charge in [0.25, 0.3) is 0 Å². The molecule has 1 aromatic carbocycles. The Bertz CT molecular complexity index is 898. The summed E-state index contributed by atoms with van der Waals surface area (Å²) < 4.78 is 64.6. The maximum absolute atomic E-state index is 12.7. The molecule has 0 saturated heterocycles. The van der Waals surface area contributed by atoms with Crippen LogP contribution in [0.4, 0.5) is 13.2 Å². The lowest BCUT2D eigenvalue weighted by molar-refractivity contribution is -0.137. The minimum absolute atomic E-state index is 0.0877. The molecule has 1 amide bonds. The molecule has 2 N–H and O–H groups in total. The first-order valence-electron chi connectivity index (χ1n) is 8.13. The summed E-state index contributed by atoms with van der Waals surface area (Å²) in [4.78, 5) is 13.4. The number of hydrogen-bond acceptors (Lipinski definition) is 5. The van der Waals surface area contributed by atoms with E-state index in [0.717, 1.165) is 23.8 Å². The molecule has 11 heteroatoms. The highest BCUT2D eigenvalue weighted by molar-refractivity contribution is 7.89.